The Hall–Kier alpha value is -5.14. The summed E-state index contributed by atoms with van der Waals surface area (Å²) in [5.41, 5.74) is 5.12. The number of phenolic OH excluding ortho intramolecular Hbond substituents is 1. The van der Waals surface area contributed by atoms with Gasteiger partial charge < -0.3 is 34.3 Å². The van der Waals surface area contributed by atoms with E-state index < -0.39 is 11.5 Å². The van der Waals surface area contributed by atoms with Crippen LogP contribution in [0.2, 0.25) is 0 Å². The molecule has 6 heterocycles. The second-order valence-corrected chi connectivity index (χ2v) is 19.4. The van der Waals surface area contributed by atoms with Gasteiger partial charge >= 0.3 is 0 Å². The molecular weight excluding hydrogens is 795 g/mol. The summed E-state index contributed by atoms with van der Waals surface area (Å²) in [7, 11) is 1.74. The first kappa shape index (κ1) is 41.8. The van der Waals surface area contributed by atoms with Gasteiger partial charge in [0.25, 0.3) is 5.91 Å². The number of hydrogen-bond donors (Lipinski definition) is 2. The van der Waals surface area contributed by atoms with Crippen molar-refractivity contribution < 1.29 is 29.0 Å². The zero-order valence-corrected chi connectivity index (χ0v) is 36.8. The number of carbonyl (C=O) groups is 4. The lowest BCUT2D eigenvalue weighted by molar-refractivity contribution is -0.143. The Balaban J connectivity index is 0.678. The van der Waals surface area contributed by atoms with E-state index in [1.807, 2.05) is 23.1 Å². The Morgan fingerprint density at radius 1 is 0.730 bits per heavy atom. The summed E-state index contributed by atoms with van der Waals surface area (Å²) in [6.45, 7) is 11.3. The van der Waals surface area contributed by atoms with Crippen molar-refractivity contribution >= 4 is 40.7 Å². The summed E-state index contributed by atoms with van der Waals surface area (Å²) in [5, 5.41) is 13.2. The number of β-lactam (4-membered cyclic amide) rings is 1. The molecule has 1 saturated carbocycles. The van der Waals surface area contributed by atoms with Crippen LogP contribution in [0.3, 0.4) is 0 Å². The fourth-order valence-electron chi connectivity index (χ4n) is 12.2. The van der Waals surface area contributed by atoms with Crippen LogP contribution in [-0.4, -0.2) is 122 Å². The van der Waals surface area contributed by atoms with Gasteiger partial charge in [0.15, 0.2) is 0 Å². The molecule has 0 aromatic heterocycles. The zero-order chi connectivity index (χ0) is 43.2. The van der Waals surface area contributed by atoms with Gasteiger partial charge in [0, 0.05) is 107 Å². The van der Waals surface area contributed by atoms with E-state index in [1.54, 1.807) is 24.1 Å². The van der Waals surface area contributed by atoms with Crippen molar-refractivity contribution in [3.63, 3.8) is 0 Å². The highest BCUT2D eigenvalue weighted by Crippen LogP contribution is 2.61. The first-order valence-corrected chi connectivity index (χ1v) is 23.7. The molecule has 2 N–H and O–H groups in total. The van der Waals surface area contributed by atoms with E-state index >= 15 is 0 Å². The molecule has 0 radical (unpaired) electrons. The van der Waals surface area contributed by atoms with Crippen LogP contribution in [0.5, 0.6) is 11.5 Å². The first-order chi connectivity index (χ1) is 30.7. The predicted octanol–water partition coefficient (Wildman–Crippen LogP) is 5.95. The number of amides is 4. The summed E-state index contributed by atoms with van der Waals surface area (Å²) >= 11 is 0. The molecule has 1 spiro atoms. The Morgan fingerprint density at radius 2 is 1.35 bits per heavy atom. The van der Waals surface area contributed by atoms with Gasteiger partial charge in [-0.1, -0.05) is 37.5 Å². The number of nitrogens with one attached hydrogen (secondary N) is 1. The van der Waals surface area contributed by atoms with E-state index in [2.05, 4.69) is 55.2 Å². The summed E-state index contributed by atoms with van der Waals surface area (Å²) in [6.07, 6.45) is 10.3. The second kappa shape index (κ2) is 17.4. The van der Waals surface area contributed by atoms with Crippen LogP contribution in [0.15, 0.2) is 60.7 Å². The average Bonchev–Trinajstić information content (AvgIpc) is 3.64. The molecule has 334 valence electrons. The van der Waals surface area contributed by atoms with Gasteiger partial charge in [0.05, 0.1) is 24.3 Å². The van der Waals surface area contributed by atoms with Crippen LogP contribution in [0.25, 0.3) is 0 Å². The number of benzene rings is 3. The van der Waals surface area contributed by atoms with Crippen LogP contribution in [-0.2, 0) is 20.9 Å². The van der Waals surface area contributed by atoms with Crippen molar-refractivity contribution in [3.8, 4) is 11.5 Å². The smallest absolute Gasteiger partial charge is 0.255 e. The Bertz CT molecular complexity index is 2220. The quantitative estimate of drug-likeness (QED) is 0.187. The monoisotopic (exact) mass is 857 g/mol. The van der Waals surface area contributed by atoms with Gasteiger partial charge in [0.2, 0.25) is 17.7 Å². The van der Waals surface area contributed by atoms with E-state index in [-0.39, 0.29) is 41.8 Å². The molecule has 0 bridgehead atoms. The summed E-state index contributed by atoms with van der Waals surface area (Å²) < 4.78 is 6.09. The van der Waals surface area contributed by atoms with E-state index in [1.165, 1.54) is 25.1 Å². The number of hydrogen-bond acceptors (Lipinski definition) is 10. The van der Waals surface area contributed by atoms with Crippen molar-refractivity contribution in [1.29, 1.82) is 0 Å². The standard InChI is InChI=1S/C50H63N7O6/c1-63-44-30-38(10-12-40(44)46-50(19-5-2-6-20-50)49(62)57(46)41-7-3-4-8-43(41)58)55-23-17-35(18-24-55)32-53-27-25-52(26-28-53)31-34-15-21-54(22-16-34)37-9-11-39-36(29-37)33-56(48(39)61)42-13-14-45(59)51-47(42)60/h3-4,7-12,29-30,34-35,42,46,58H,2,5-6,13-28,31-33H2,1H3,(H,51,59,60)/t42?,46-/m0/s1. The number of carbonyl (C=O) groups excluding carboxylic acids is 4. The van der Waals surface area contributed by atoms with Crippen molar-refractivity contribution in [2.75, 3.05) is 87.3 Å². The fourth-order valence-corrected chi connectivity index (χ4v) is 12.2. The molecule has 6 aliphatic heterocycles. The van der Waals surface area contributed by atoms with Crippen LogP contribution in [0.4, 0.5) is 17.1 Å². The number of piperidine rings is 3. The number of para-hydroxylation sites is 2. The van der Waals surface area contributed by atoms with Gasteiger partial charge in [-0.05, 0) is 98.7 Å². The average molecular weight is 858 g/mol. The largest absolute Gasteiger partial charge is 0.506 e. The normalized spacial score (nSPS) is 25.1. The number of aromatic hydroxyl groups is 1. The number of anilines is 3. The lowest BCUT2D eigenvalue weighted by Crippen LogP contribution is -2.64. The van der Waals surface area contributed by atoms with E-state index in [0.717, 1.165) is 126 Å². The molecule has 5 saturated heterocycles. The molecule has 63 heavy (non-hydrogen) atoms. The van der Waals surface area contributed by atoms with Gasteiger partial charge in [-0.3, -0.25) is 29.4 Å². The minimum Gasteiger partial charge on any atom is -0.506 e. The molecule has 3 aromatic carbocycles. The predicted molar refractivity (Wildman–Crippen MR) is 242 cm³/mol. The van der Waals surface area contributed by atoms with Crippen LogP contribution in [0.1, 0.15) is 98.2 Å². The number of imide groups is 1. The lowest BCUT2D eigenvalue weighted by atomic mass is 9.60. The van der Waals surface area contributed by atoms with Crippen LogP contribution in [0, 0.1) is 17.3 Å². The summed E-state index contributed by atoms with van der Waals surface area (Å²) in [5.74, 6) is 1.70. The molecule has 13 nitrogen and oxygen atoms in total. The minimum atomic E-state index is -0.586. The third kappa shape index (κ3) is 7.93. The molecule has 6 fully saturated rings. The molecular formula is C50H63N7O6. The van der Waals surface area contributed by atoms with E-state index in [0.29, 0.717) is 36.1 Å². The number of piperazine rings is 1. The summed E-state index contributed by atoms with van der Waals surface area (Å²) in [4.78, 5) is 65.0. The number of fused-ring (bicyclic) bond motifs is 1. The zero-order valence-electron chi connectivity index (χ0n) is 36.8. The van der Waals surface area contributed by atoms with Crippen molar-refractivity contribution in [3.05, 3.63) is 77.4 Å². The summed E-state index contributed by atoms with van der Waals surface area (Å²) in [6, 6.07) is 19.1. The number of methoxy groups -OCH3 is 1. The van der Waals surface area contributed by atoms with Gasteiger partial charge in [-0.15, -0.1) is 0 Å². The SMILES string of the molecule is COc1cc(N2CCC(CN3CCN(CC4CCN(c5ccc6c(c5)CN(C5CCC(=O)NC5=O)C6=O)CC4)CC3)CC2)ccc1[C@@H]1N(c2ccccc2O)C(=O)C12CCCCC2. The van der Waals surface area contributed by atoms with Crippen molar-refractivity contribution in [2.45, 2.75) is 89.3 Å². The Morgan fingerprint density at radius 3 is 1.97 bits per heavy atom. The van der Waals surface area contributed by atoms with Gasteiger partial charge in [-0.2, -0.15) is 0 Å². The Kier molecular flexibility index (Phi) is 11.6. The van der Waals surface area contributed by atoms with Crippen LogP contribution < -0.4 is 24.8 Å². The highest BCUT2D eigenvalue weighted by Gasteiger charge is 2.62. The second-order valence-electron chi connectivity index (χ2n) is 19.4. The number of nitrogens with zero attached hydrogens (tertiary/aromatic N) is 6. The number of rotatable bonds is 10. The van der Waals surface area contributed by atoms with Crippen molar-refractivity contribution in [2.24, 2.45) is 17.3 Å². The lowest BCUT2D eigenvalue weighted by Gasteiger charge is -2.58. The molecule has 2 atom stereocenters. The van der Waals surface area contributed by atoms with Crippen LogP contribution >= 0.6 is 0 Å². The molecule has 3 aromatic rings. The highest BCUT2D eigenvalue weighted by molar-refractivity contribution is 6.08. The number of ether oxygens (including phenoxy) is 1. The topological polar surface area (TPSA) is 129 Å². The highest BCUT2D eigenvalue weighted by atomic mass is 16.5. The molecule has 13 heteroatoms. The molecule has 1 unspecified atom stereocenters. The van der Waals surface area contributed by atoms with E-state index in [9.17, 15) is 24.3 Å². The third-order valence-corrected chi connectivity index (χ3v) is 15.8. The van der Waals surface area contributed by atoms with Gasteiger partial charge in [-0.25, -0.2) is 0 Å². The molecule has 4 amide bonds. The number of phenols is 1. The molecule has 7 aliphatic rings. The first-order valence-electron chi connectivity index (χ1n) is 23.7. The molecule has 10 rings (SSSR count). The Labute approximate surface area is 371 Å². The maximum Gasteiger partial charge on any atom is 0.255 e. The third-order valence-electron chi connectivity index (χ3n) is 15.8. The maximum absolute atomic E-state index is 13.9. The van der Waals surface area contributed by atoms with Crippen molar-refractivity contribution in [1.82, 2.24) is 20.0 Å². The minimum absolute atomic E-state index is 0.119. The fraction of sp³-hybridized carbons (Fsp3) is 0.560. The van der Waals surface area contributed by atoms with Gasteiger partial charge in [0.1, 0.15) is 17.5 Å². The maximum atomic E-state index is 13.9. The molecule has 1 aliphatic carbocycles. The van der Waals surface area contributed by atoms with E-state index in [4.69, 9.17) is 4.74 Å².